The van der Waals surface area contributed by atoms with Crippen LogP contribution < -0.4 is 4.74 Å². The van der Waals surface area contributed by atoms with Gasteiger partial charge in [0.15, 0.2) is 0 Å². The van der Waals surface area contributed by atoms with Gasteiger partial charge in [0.1, 0.15) is 12.1 Å². The van der Waals surface area contributed by atoms with Gasteiger partial charge in [-0.2, -0.15) is 4.31 Å². The molecule has 0 spiro atoms. The number of ether oxygens (including phenoxy) is 1. The summed E-state index contributed by atoms with van der Waals surface area (Å²) >= 11 is 0. The molecule has 0 saturated carbocycles. The average molecular weight is 388 g/mol. The lowest BCUT2D eigenvalue weighted by molar-refractivity contribution is 0.197. The van der Waals surface area contributed by atoms with E-state index < -0.39 is 16.1 Å². The molecule has 27 heavy (non-hydrogen) atoms. The second kappa shape index (κ2) is 6.32. The van der Waals surface area contributed by atoms with E-state index in [2.05, 4.69) is 9.97 Å². The van der Waals surface area contributed by atoms with Gasteiger partial charge in [-0.05, 0) is 30.7 Å². The molecule has 3 aromatic rings. The Bertz CT molecular complexity index is 1160. The Morgan fingerprint density at radius 1 is 1.26 bits per heavy atom. The fourth-order valence-electron chi connectivity index (χ4n) is 3.13. The number of rotatable bonds is 3. The van der Waals surface area contributed by atoms with Gasteiger partial charge in [0.25, 0.3) is 0 Å². The molecule has 0 atom stereocenters. The van der Waals surface area contributed by atoms with Crippen LogP contribution in [0.4, 0.5) is 4.79 Å². The maximum absolute atomic E-state index is 11.8. The summed E-state index contributed by atoms with van der Waals surface area (Å²) in [5, 5.41) is 9.88. The first-order chi connectivity index (χ1) is 12.8. The zero-order chi connectivity index (χ0) is 19.2. The Morgan fingerprint density at radius 3 is 2.81 bits per heavy atom. The summed E-state index contributed by atoms with van der Waals surface area (Å²) in [6, 6.07) is 6.75. The van der Waals surface area contributed by atoms with Gasteiger partial charge in [-0.3, -0.25) is 4.57 Å². The van der Waals surface area contributed by atoms with E-state index in [1.165, 1.54) is 23.1 Å². The van der Waals surface area contributed by atoms with Crippen LogP contribution in [0.2, 0.25) is 0 Å². The zero-order valence-corrected chi connectivity index (χ0v) is 15.2. The van der Waals surface area contributed by atoms with Gasteiger partial charge in [-0.25, -0.2) is 23.2 Å². The number of hydrogen-bond acceptors (Lipinski definition) is 6. The molecule has 3 heterocycles. The van der Waals surface area contributed by atoms with E-state index in [-0.39, 0.29) is 6.54 Å². The second-order valence-electron chi connectivity index (χ2n) is 6.24. The summed E-state index contributed by atoms with van der Waals surface area (Å²) < 4.78 is 31.9. The van der Waals surface area contributed by atoms with Crippen molar-refractivity contribution in [3.8, 4) is 11.6 Å². The largest absolute Gasteiger partial charge is 0.464 e. The molecule has 1 aliphatic rings. The van der Waals surface area contributed by atoms with Gasteiger partial charge < -0.3 is 9.84 Å². The van der Waals surface area contributed by atoms with Gasteiger partial charge in [-0.15, -0.1) is 0 Å². The summed E-state index contributed by atoms with van der Waals surface area (Å²) in [5.41, 5.74) is 1.96. The van der Waals surface area contributed by atoms with Gasteiger partial charge in [0.05, 0.1) is 24.0 Å². The van der Waals surface area contributed by atoms with E-state index in [9.17, 15) is 13.2 Å². The number of carboxylic acid groups (broad SMARTS) is 1. The monoisotopic (exact) mass is 388 g/mol. The van der Waals surface area contributed by atoms with Gasteiger partial charge in [-0.1, -0.05) is 0 Å². The molecule has 1 aliphatic heterocycles. The highest BCUT2D eigenvalue weighted by Gasteiger charge is 2.27. The first kappa shape index (κ1) is 17.4. The van der Waals surface area contributed by atoms with Crippen molar-refractivity contribution in [3.05, 3.63) is 48.0 Å². The Kier molecular flexibility index (Phi) is 4.08. The van der Waals surface area contributed by atoms with Gasteiger partial charge in [0, 0.05) is 23.7 Å². The predicted octanol–water partition coefficient (Wildman–Crippen LogP) is 2.07. The summed E-state index contributed by atoms with van der Waals surface area (Å²) in [4.78, 5) is 19.6. The SMILES string of the molecule is CS(=O)(=O)N1CCc2c(ncnc2Oc2ccc3c(ccn3C(=O)O)c2)C1. The molecule has 0 bridgehead atoms. The Morgan fingerprint density at radius 2 is 2.07 bits per heavy atom. The van der Waals surface area contributed by atoms with Crippen LogP contribution >= 0.6 is 0 Å². The molecule has 0 unspecified atom stereocenters. The van der Waals surface area contributed by atoms with Crippen LogP contribution in [-0.4, -0.2) is 51.3 Å². The van der Waals surface area contributed by atoms with Crippen molar-refractivity contribution in [1.82, 2.24) is 18.8 Å². The fourth-order valence-corrected chi connectivity index (χ4v) is 3.91. The van der Waals surface area contributed by atoms with E-state index in [0.717, 1.165) is 15.5 Å². The number of hydrogen-bond donors (Lipinski definition) is 1. The van der Waals surface area contributed by atoms with Gasteiger partial charge in [0.2, 0.25) is 15.9 Å². The lowest BCUT2D eigenvalue weighted by Crippen LogP contribution is -2.35. The third-order valence-electron chi connectivity index (χ3n) is 4.48. The summed E-state index contributed by atoms with van der Waals surface area (Å²) in [6.45, 7) is 0.531. The number of benzene rings is 1. The van der Waals surface area contributed by atoms with Crippen LogP contribution in [0.25, 0.3) is 10.9 Å². The van der Waals surface area contributed by atoms with Crippen molar-refractivity contribution in [2.45, 2.75) is 13.0 Å². The van der Waals surface area contributed by atoms with Crippen molar-refractivity contribution in [1.29, 1.82) is 0 Å². The summed E-state index contributed by atoms with van der Waals surface area (Å²) in [7, 11) is -3.29. The molecule has 0 radical (unpaired) electrons. The lowest BCUT2D eigenvalue weighted by atomic mass is 10.1. The van der Waals surface area contributed by atoms with Crippen molar-refractivity contribution in [3.63, 3.8) is 0 Å². The van der Waals surface area contributed by atoms with E-state index >= 15 is 0 Å². The molecule has 4 rings (SSSR count). The highest BCUT2D eigenvalue weighted by Crippen LogP contribution is 2.30. The number of sulfonamides is 1. The van der Waals surface area contributed by atoms with Crippen LogP contribution in [0.5, 0.6) is 11.6 Å². The first-order valence-electron chi connectivity index (χ1n) is 8.13. The van der Waals surface area contributed by atoms with Crippen LogP contribution in [0.1, 0.15) is 11.3 Å². The number of aromatic nitrogens is 3. The Labute approximate surface area is 154 Å². The molecule has 2 aromatic heterocycles. The van der Waals surface area contributed by atoms with Crippen LogP contribution in [0.3, 0.4) is 0 Å². The minimum absolute atomic E-state index is 0.188. The summed E-state index contributed by atoms with van der Waals surface area (Å²) in [6.07, 6.45) is 3.40. The molecule has 9 nitrogen and oxygen atoms in total. The maximum Gasteiger partial charge on any atom is 0.415 e. The van der Waals surface area contributed by atoms with E-state index in [1.54, 1.807) is 24.3 Å². The lowest BCUT2D eigenvalue weighted by Gasteiger charge is -2.26. The van der Waals surface area contributed by atoms with Crippen LogP contribution in [-0.2, 0) is 23.0 Å². The van der Waals surface area contributed by atoms with Crippen molar-refractivity contribution in [2.24, 2.45) is 0 Å². The minimum atomic E-state index is -3.29. The number of carbonyl (C=O) groups is 1. The predicted molar refractivity (Wildman–Crippen MR) is 96.4 cm³/mol. The van der Waals surface area contributed by atoms with Crippen molar-refractivity contribution < 1.29 is 23.1 Å². The molecular weight excluding hydrogens is 372 g/mol. The third kappa shape index (κ3) is 3.24. The quantitative estimate of drug-likeness (QED) is 0.730. The number of fused-ring (bicyclic) bond motifs is 2. The highest BCUT2D eigenvalue weighted by molar-refractivity contribution is 7.88. The van der Waals surface area contributed by atoms with E-state index in [1.807, 2.05) is 0 Å². The molecule has 0 fully saturated rings. The van der Waals surface area contributed by atoms with E-state index in [0.29, 0.717) is 35.8 Å². The molecule has 0 saturated heterocycles. The highest BCUT2D eigenvalue weighted by atomic mass is 32.2. The fraction of sp³-hybridized carbons (Fsp3) is 0.235. The second-order valence-corrected chi connectivity index (χ2v) is 8.22. The average Bonchev–Trinajstić information content (AvgIpc) is 3.04. The third-order valence-corrected chi connectivity index (χ3v) is 5.73. The minimum Gasteiger partial charge on any atom is -0.464 e. The normalized spacial score (nSPS) is 14.9. The molecule has 1 aromatic carbocycles. The van der Waals surface area contributed by atoms with Gasteiger partial charge >= 0.3 is 6.09 Å². The smallest absolute Gasteiger partial charge is 0.415 e. The molecular formula is C17H16N4O5S. The molecule has 0 aliphatic carbocycles. The molecule has 1 N–H and O–H groups in total. The summed E-state index contributed by atoms with van der Waals surface area (Å²) in [5.74, 6) is 0.891. The van der Waals surface area contributed by atoms with Crippen molar-refractivity contribution in [2.75, 3.05) is 12.8 Å². The van der Waals surface area contributed by atoms with Crippen molar-refractivity contribution >= 4 is 27.0 Å². The van der Waals surface area contributed by atoms with E-state index in [4.69, 9.17) is 9.84 Å². The number of nitrogens with zero attached hydrogens (tertiary/aromatic N) is 4. The maximum atomic E-state index is 11.8. The topological polar surface area (TPSA) is 115 Å². The Balaban J connectivity index is 1.64. The molecule has 0 amide bonds. The van der Waals surface area contributed by atoms with Crippen LogP contribution in [0.15, 0.2) is 36.8 Å². The molecule has 10 heteroatoms. The first-order valence-corrected chi connectivity index (χ1v) is 9.98. The zero-order valence-electron chi connectivity index (χ0n) is 14.4. The molecule has 140 valence electrons. The standard InChI is InChI=1S/C17H16N4O5S/c1-27(24,25)20-6-5-13-14(9-20)18-10-19-16(13)26-12-2-3-15-11(8-12)4-7-21(15)17(22)23/h2-4,7-8,10H,5-6,9H2,1H3,(H,22,23). The van der Waals surface area contributed by atoms with Crippen LogP contribution in [0, 0.1) is 0 Å². The Hall–Kier alpha value is -2.98.